The van der Waals surface area contributed by atoms with Crippen molar-refractivity contribution in [3.05, 3.63) is 11.7 Å². The Bertz CT molecular complexity index is 624. The van der Waals surface area contributed by atoms with Crippen LogP contribution >= 0.6 is 0 Å². The Labute approximate surface area is 161 Å². The summed E-state index contributed by atoms with van der Waals surface area (Å²) in [6.45, 7) is 2.36. The van der Waals surface area contributed by atoms with Gasteiger partial charge in [0.2, 0.25) is 5.89 Å². The van der Waals surface area contributed by atoms with Crippen LogP contribution < -0.4 is 5.32 Å². The smallest absolute Gasteiger partial charge is 0.317 e. The fourth-order valence-electron chi connectivity index (χ4n) is 4.64. The average molecular weight is 376 g/mol. The summed E-state index contributed by atoms with van der Waals surface area (Å²) in [6.07, 6.45) is 12.7. The summed E-state index contributed by atoms with van der Waals surface area (Å²) in [6, 6.07) is 1.36. The molecule has 0 spiro atoms. The lowest BCUT2D eigenvalue weighted by molar-refractivity contribution is 0.0912. The van der Waals surface area contributed by atoms with Gasteiger partial charge in [0.1, 0.15) is 0 Å². The second-order valence-electron chi connectivity index (χ2n) is 8.53. The van der Waals surface area contributed by atoms with Gasteiger partial charge in [-0.15, -0.1) is 0 Å². The maximum atomic E-state index is 12.4. The van der Waals surface area contributed by atoms with E-state index in [0.717, 1.165) is 37.7 Å². The van der Waals surface area contributed by atoms with Crippen LogP contribution in [-0.4, -0.2) is 58.2 Å². The van der Waals surface area contributed by atoms with Gasteiger partial charge in [-0.1, -0.05) is 24.4 Å². The molecule has 2 aliphatic carbocycles. The molecule has 27 heavy (non-hydrogen) atoms. The van der Waals surface area contributed by atoms with Crippen molar-refractivity contribution in [1.82, 2.24) is 25.3 Å². The summed E-state index contributed by atoms with van der Waals surface area (Å²) >= 11 is 0. The second-order valence-corrected chi connectivity index (χ2v) is 8.53. The van der Waals surface area contributed by atoms with Crippen LogP contribution in [0.3, 0.4) is 0 Å². The number of hydrogen-bond donors (Lipinski definition) is 1. The summed E-state index contributed by atoms with van der Waals surface area (Å²) in [5, 5.41) is 7.07. The van der Waals surface area contributed by atoms with Crippen LogP contribution in [-0.2, 0) is 6.54 Å². The summed E-state index contributed by atoms with van der Waals surface area (Å²) in [7, 11) is 1.79. The van der Waals surface area contributed by atoms with Crippen molar-refractivity contribution < 1.29 is 9.32 Å². The number of rotatable bonds is 7. The van der Waals surface area contributed by atoms with E-state index in [-0.39, 0.29) is 6.03 Å². The Kier molecular flexibility index (Phi) is 5.95. The number of urea groups is 1. The molecule has 1 atom stereocenters. The van der Waals surface area contributed by atoms with Crippen molar-refractivity contribution in [3.63, 3.8) is 0 Å². The van der Waals surface area contributed by atoms with Gasteiger partial charge in [0, 0.05) is 31.6 Å². The minimum atomic E-state index is -0.0593. The molecular weight excluding hydrogens is 342 g/mol. The monoisotopic (exact) mass is 375 g/mol. The van der Waals surface area contributed by atoms with E-state index in [1.54, 1.807) is 11.9 Å². The Morgan fingerprint density at radius 3 is 2.74 bits per heavy atom. The average Bonchev–Trinajstić information content (AvgIpc) is 3.18. The minimum Gasteiger partial charge on any atom is -0.339 e. The first-order chi connectivity index (χ1) is 13.2. The fourth-order valence-corrected chi connectivity index (χ4v) is 4.64. The van der Waals surface area contributed by atoms with Crippen LogP contribution in [0.1, 0.15) is 81.8 Å². The predicted molar refractivity (Wildman–Crippen MR) is 102 cm³/mol. The molecule has 2 saturated carbocycles. The molecule has 0 aromatic carbocycles. The Morgan fingerprint density at radius 2 is 1.96 bits per heavy atom. The zero-order chi connectivity index (χ0) is 18.6. The number of carbonyl (C=O) groups excluding carboxylic acids is 1. The van der Waals surface area contributed by atoms with E-state index in [4.69, 9.17) is 4.52 Å². The Hall–Kier alpha value is -1.63. The normalized spacial score (nSPS) is 24.3. The standard InChI is InChI=1S/C20H33N5O2/c1-24(14-18-22-19(27-23-18)15-9-10-15)20(26)21-12-11-17-8-4-5-13-25(17)16-6-2-3-7-16/h15-17H,2-14H2,1H3,(H,21,26)/t17-/m1/s1. The van der Waals surface area contributed by atoms with E-state index >= 15 is 0 Å². The third-order valence-corrected chi connectivity index (χ3v) is 6.36. The molecular formula is C20H33N5O2. The first-order valence-electron chi connectivity index (χ1n) is 10.8. The van der Waals surface area contributed by atoms with Crippen molar-refractivity contribution in [1.29, 1.82) is 0 Å². The van der Waals surface area contributed by atoms with Gasteiger partial charge in [-0.05, 0) is 51.5 Å². The van der Waals surface area contributed by atoms with Gasteiger partial charge < -0.3 is 14.7 Å². The van der Waals surface area contributed by atoms with E-state index in [1.165, 1.54) is 51.5 Å². The van der Waals surface area contributed by atoms with Crippen molar-refractivity contribution in [2.45, 2.75) is 88.8 Å². The SMILES string of the molecule is CN(Cc1noc(C2CC2)n1)C(=O)NCC[C@H]1CCCCN1C1CCCC1. The van der Waals surface area contributed by atoms with Gasteiger partial charge in [0.15, 0.2) is 5.82 Å². The van der Waals surface area contributed by atoms with Gasteiger partial charge in [0.05, 0.1) is 6.54 Å². The zero-order valence-electron chi connectivity index (χ0n) is 16.5. The molecule has 7 heteroatoms. The number of piperidine rings is 1. The number of nitrogens with one attached hydrogen (secondary N) is 1. The van der Waals surface area contributed by atoms with Crippen LogP contribution in [0.2, 0.25) is 0 Å². The molecule has 1 saturated heterocycles. The lowest BCUT2D eigenvalue weighted by Crippen LogP contribution is -2.47. The lowest BCUT2D eigenvalue weighted by Gasteiger charge is -2.40. The highest BCUT2D eigenvalue weighted by Gasteiger charge is 2.31. The lowest BCUT2D eigenvalue weighted by atomic mass is 9.96. The third-order valence-electron chi connectivity index (χ3n) is 6.36. The van der Waals surface area contributed by atoms with E-state index in [9.17, 15) is 4.79 Å². The van der Waals surface area contributed by atoms with E-state index in [0.29, 0.717) is 24.3 Å². The number of carbonyl (C=O) groups is 1. The van der Waals surface area contributed by atoms with Crippen LogP contribution in [0.4, 0.5) is 4.79 Å². The molecule has 1 aromatic rings. The number of nitrogens with zero attached hydrogens (tertiary/aromatic N) is 4. The molecule has 2 heterocycles. The van der Waals surface area contributed by atoms with Gasteiger partial charge in [0.25, 0.3) is 0 Å². The first-order valence-corrected chi connectivity index (χ1v) is 10.8. The van der Waals surface area contributed by atoms with Crippen molar-refractivity contribution in [2.24, 2.45) is 0 Å². The molecule has 1 N–H and O–H groups in total. The topological polar surface area (TPSA) is 74.5 Å². The minimum absolute atomic E-state index is 0.0593. The fraction of sp³-hybridized carbons (Fsp3) is 0.850. The highest BCUT2D eigenvalue weighted by Crippen LogP contribution is 2.38. The van der Waals surface area contributed by atoms with Crippen LogP contribution in [0.15, 0.2) is 4.52 Å². The molecule has 3 fully saturated rings. The summed E-state index contributed by atoms with van der Waals surface area (Å²) in [5.41, 5.74) is 0. The van der Waals surface area contributed by atoms with Gasteiger partial charge in [-0.3, -0.25) is 4.90 Å². The molecule has 150 valence electrons. The summed E-state index contributed by atoms with van der Waals surface area (Å²) < 4.78 is 5.27. The van der Waals surface area contributed by atoms with E-state index in [2.05, 4.69) is 20.4 Å². The molecule has 1 aliphatic heterocycles. The predicted octanol–water partition coefficient (Wildman–Crippen LogP) is 3.28. The van der Waals surface area contributed by atoms with E-state index < -0.39 is 0 Å². The quantitative estimate of drug-likeness (QED) is 0.792. The Balaban J connectivity index is 1.20. The highest BCUT2D eigenvalue weighted by molar-refractivity contribution is 5.73. The molecule has 1 aromatic heterocycles. The van der Waals surface area contributed by atoms with Crippen LogP contribution in [0.5, 0.6) is 0 Å². The maximum absolute atomic E-state index is 12.4. The summed E-state index contributed by atoms with van der Waals surface area (Å²) in [4.78, 5) is 21.2. The third kappa shape index (κ3) is 4.81. The van der Waals surface area contributed by atoms with E-state index in [1.807, 2.05) is 0 Å². The van der Waals surface area contributed by atoms with Crippen molar-refractivity contribution in [3.8, 4) is 0 Å². The van der Waals surface area contributed by atoms with Gasteiger partial charge in [-0.2, -0.15) is 4.98 Å². The molecule has 4 rings (SSSR count). The summed E-state index contributed by atoms with van der Waals surface area (Å²) in [5.74, 6) is 1.76. The number of likely N-dealkylation sites (tertiary alicyclic amines) is 1. The molecule has 7 nitrogen and oxygen atoms in total. The second kappa shape index (κ2) is 8.59. The van der Waals surface area contributed by atoms with Crippen molar-refractivity contribution >= 4 is 6.03 Å². The molecule has 0 bridgehead atoms. The molecule has 0 radical (unpaired) electrons. The van der Waals surface area contributed by atoms with Crippen LogP contribution in [0, 0.1) is 0 Å². The first kappa shape index (κ1) is 18.7. The maximum Gasteiger partial charge on any atom is 0.317 e. The van der Waals surface area contributed by atoms with Gasteiger partial charge >= 0.3 is 6.03 Å². The highest BCUT2D eigenvalue weighted by atomic mass is 16.5. The molecule has 2 amide bonds. The van der Waals surface area contributed by atoms with Gasteiger partial charge in [-0.25, -0.2) is 4.79 Å². The number of aromatic nitrogens is 2. The van der Waals surface area contributed by atoms with Crippen molar-refractivity contribution in [2.75, 3.05) is 20.1 Å². The number of amides is 2. The Morgan fingerprint density at radius 1 is 1.19 bits per heavy atom. The molecule has 0 unspecified atom stereocenters. The zero-order valence-corrected chi connectivity index (χ0v) is 16.5. The molecule has 3 aliphatic rings. The number of hydrogen-bond acceptors (Lipinski definition) is 5. The van der Waals surface area contributed by atoms with Crippen LogP contribution in [0.25, 0.3) is 0 Å². The largest absolute Gasteiger partial charge is 0.339 e.